The lowest BCUT2D eigenvalue weighted by molar-refractivity contribution is -0.131. The van der Waals surface area contributed by atoms with Crippen LogP contribution in [0.15, 0.2) is 36.4 Å². The van der Waals surface area contributed by atoms with Gasteiger partial charge in [-0.15, -0.1) is 0 Å². The second-order valence-electron chi connectivity index (χ2n) is 10.1. The number of ether oxygens (including phenoxy) is 2. The van der Waals surface area contributed by atoms with E-state index in [1.807, 2.05) is 17.0 Å². The van der Waals surface area contributed by atoms with Crippen molar-refractivity contribution in [1.82, 2.24) is 9.80 Å². The molecule has 2 aromatic carbocycles. The van der Waals surface area contributed by atoms with Gasteiger partial charge in [0.05, 0.1) is 12.0 Å². The first kappa shape index (κ1) is 21.7. The predicted octanol–water partition coefficient (Wildman–Crippen LogP) is 3.78. The monoisotopic (exact) mass is 460 g/mol. The number of para-hydroxylation sites is 1. The van der Waals surface area contributed by atoms with Gasteiger partial charge in [0.2, 0.25) is 0 Å². The molecule has 0 aromatic heterocycles. The van der Waals surface area contributed by atoms with E-state index in [1.54, 1.807) is 6.07 Å². The Kier molecular flexibility index (Phi) is 5.77. The smallest absolute Gasteiger partial charge is 0.315 e. The highest BCUT2D eigenvalue weighted by atomic mass is 16.5. The van der Waals surface area contributed by atoms with Gasteiger partial charge in [0.15, 0.2) is 0 Å². The minimum Gasteiger partial charge on any atom is -0.490 e. The number of esters is 1. The summed E-state index contributed by atoms with van der Waals surface area (Å²) < 4.78 is 11.7. The molecule has 3 heterocycles. The number of fused-ring (bicyclic) bond motifs is 2. The number of amides is 1. The van der Waals surface area contributed by atoms with Crippen molar-refractivity contribution in [2.45, 2.75) is 63.5 Å². The van der Waals surface area contributed by atoms with E-state index in [9.17, 15) is 9.59 Å². The first-order valence-corrected chi connectivity index (χ1v) is 12.8. The van der Waals surface area contributed by atoms with Crippen LogP contribution < -0.4 is 9.47 Å². The van der Waals surface area contributed by atoms with Crippen molar-refractivity contribution in [3.05, 3.63) is 58.7 Å². The van der Waals surface area contributed by atoms with Crippen LogP contribution in [0.4, 0.5) is 0 Å². The van der Waals surface area contributed by atoms with Gasteiger partial charge in [-0.1, -0.05) is 24.6 Å². The van der Waals surface area contributed by atoms with Crippen LogP contribution in [0.5, 0.6) is 11.5 Å². The third kappa shape index (κ3) is 4.20. The summed E-state index contributed by atoms with van der Waals surface area (Å²) in [5.41, 5.74) is 4.18. The topological polar surface area (TPSA) is 59.1 Å². The van der Waals surface area contributed by atoms with Crippen molar-refractivity contribution in [3.63, 3.8) is 0 Å². The summed E-state index contributed by atoms with van der Waals surface area (Å²) in [4.78, 5) is 29.3. The molecule has 6 heteroatoms. The van der Waals surface area contributed by atoms with Gasteiger partial charge in [-0.25, -0.2) is 0 Å². The average Bonchev–Trinajstić information content (AvgIpc) is 3.08. The van der Waals surface area contributed by atoms with Crippen molar-refractivity contribution < 1.29 is 19.1 Å². The van der Waals surface area contributed by atoms with E-state index < -0.39 is 0 Å². The molecule has 1 amide bonds. The Balaban J connectivity index is 1.06. The van der Waals surface area contributed by atoms with Gasteiger partial charge < -0.3 is 14.4 Å². The SMILES string of the molecule is O=C1Cc2cccc(C(=O)N3CCC(Oc4ccc5c(c4)CCN(C4CCC4)CC5)CC3)c2O1. The Bertz CT molecular complexity index is 1100. The Morgan fingerprint density at radius 2 is 1.71 bits per heavy atom. The van der Waals surface area contributed by atoms with Gasteiger partial charge in [-0.3, -0.25) is 14.5 Å². The highest BCUT2D eigenvalue weighted by Gasteiger charge is 2.31. The molecule has 2 aromatic rings. The van der Waals surface area contributed by atoms with Crippen LogP contribution in [-0.4, -0.2) is 60.0 Å². The molecule has 0 N–H and O–H groups in total. The van der Waals surface area contributed by atoms with Gasteiger partial charge in [0.25, 0.3) is 5.91 Å². The minimum atomic E-state index is -0.293. The summed E-state index contributed by atoms with van der Waals surface area (Å²) in [6, 6.07) is 12.9. The van der Waals surface area contributed by atoms with Gasteiger partial charge in [-0.05, 0) is 55.0 Å². The molecule has 34 heavy (non-hydrogen) atoms. The van der Waals surface area contributed by atoms with Crippen molar-refractivity contribution in [2.24, 2.45) is 0 Å². The molecule has 1 saturated carbocycles. The van der Waals surface area contributed by atoms with Crippen molar-refractivity contribution >= 4 is 11.9 Å². The average molecular weight is 461 g/mol. The molecular formula is C28H32N2O4. The molecule has 3 aliphatic heterocycles. The zero-order chi connectivity index (χ0) is 23.1. The van der Waals surface area contributed by atoms with Gasteiger partial charge >= 0.3 is 5.97 Å². The predicted molar refractivity (Wildman–Crippen MR) is 128 cm³/mol. The molecule has 0 unspecified atom stereocenters. The number of hydrogen-bond acceptors (Lipinski definition) is 5. The molecule has 6 rings (SSSR count). The molecule has 4 aliphatic rings. The Hall–Kier alpha value is -2.86. The number of likely N-dealkylation sites (tertiary alicyclic amines) is 1. The molecule has 2 fully saturated rings. The Labute approximate surface area is 200 Å². The first-order chi connectivity index (χ1) is 16.6. The van der Waals surface area contributed by atoms with Crippen LogP contribution in [0.25, 0.3) is 0 Å². The summed E-state index contributed by atoms with van der Waals surface area (Å²) in [6.45, 7) is 3.61. The quantitative estimate of drug-likeness (QED) is 0.513. The van der Waals surface area contributed by atoms with Gasteiger partial charge in [0, 0.05) is 50.6 Å². The van der Waals surface area contributed by atoms with Crippen molar-refractivity contribution in [2.75, 3.05) is 26.2 Å². The van der Waals surface area contributed by atoms with Crippen LogP contribution in [0, 0.1) is 0 Å². The molecule has 0 radical (unpaired) electrons. The maximum absolute atomic E-state index is 13.1. The lowest BCUT2D eigenvalue weighted by Crippen LogP contribution is -2.41. The van der Waals surface area contributed by atoms with E-state index in [1.165, 1.54) is 36.9 Å². The molecule has 0 bridgehead atoms. The maximum atomic E-state index is 13.1. The summed E-state index contributed by atoms with van der Waals surface area (Å²) in [5, 5.41) is 0. The van der Waals surface area contributed by atoms with E-state index in [0.717, 1.165) is 49.6 Å². The van der Waals surface area contributed by atoms with E-state index in [4.69, 9.17) is 9.47 Å². The second-order valence-corrected chi connectivity index (χ2v) is 10.1. The zero-order valence-corrected chi connectivity index (χ0v) is 19.6. The minimum absolute atomic E-state index is 0.0638. The molecule has 1 saturated heterocycles. The summed E-state index contributed by atoms with van der Waals surface area (Å²) >= 11 is 0. The van der Waals surface area contributed by atoms with Crippen LogP contribution in [0.2, 0.25) is 0 Å². The van der Waals surface area contributed by atoms with E-state index in [0.29, 0.717) is 24.4 Å². The highest BCUT2D eigenvalue weighted by Crippen LogP contribution is 2.32. The third-order valence-corrected chi connectivity index (χ3v) is 8.02. The van der Waals surface area contributed by atoms with Gasteiger partial charge in [-0.2, -0.15) is 0 Å². The molecular weight excluding hydrogens is 428 g/mol. The molecule has 6 nitrogen and oxygen atoms in total. The number of piperidine rings is 1. The van der Waals surface area contributed by atoms with Crippen LogP contribution in [-0.2, 0) is 24.1 Å². The normalized spacial score (nSPS) is 21.3. The Morgan fingerprint density at radius 3 is 2.47 bits per heavy atom. The lowest BCUT2D eigenvalue weighted by Gasteiger charge is -2.36. The Morgan fingerprint density at radius 1 is 0.912 bits per heavy atom. The fourth-order valence-corrected chi connectivity index (χ4v) is 5.77. The number of rotatable bonds is 4. The molecule has 0 spiro atoms. The number of hydrogen-bond donors (Lipinski definition) is 0. The van der Waals surface area contributed by atoms with Crippen molar-refractivity contribution in [3.8, 4) is 11.5 Å². The van der Waals surface area contributed by atoms with Gasteiger partial charge in [0.1, 0.15) is 17.6 Å². The summed E-state index contributed by atoms with van der Waals surface area (Å²) in [7, 11) is 0. The zero-order valence-electron chi connectivity index (χ0n) is 19.6. The second kappa shape index (κ2) is 9.06. The number of carbonyl (C=O) groups excluding carboxylic acids is 2. The number of carbonyl (C=O) groups is 2. The van der Waals surface area contributed by atoms with Crippen molar-refractivity contribution in [1.29, 1.82) is 0 Å². The summed E-state index contributed by atoms with van der Waals surface area (Å²) in [6.07, 6.45) is 8.29. The number of benzene rings is 2. The largest absolute Gasteiger partial charge is 0.490 e. The molecule has 0 atom stereocenters. The van der Waals surface area contributed by atoms with Crippen LogP contribution >= 0.6 is 0 Å². The van der Waals surface area contributed by atoms with E-state index in [-0.39, 0.29) is 24.4 Å². The lowest BCUT2D eigenvalue weighted by atomic mass is 9.91. The number of nitrogens with zero attached hydrogens (tertiary/aromatic N) is 2. The first-order valence-electron chi connectivity index (χ1n) is 12.8. The van der Waals surface area contributed by atoms with Crippen LogP contribution in [0.3, 0.4) is 0 Å². The highest BCUT2D eigenvalue weighted by molar-refractivity contribution is 5.99. The van der Waals surface area contributed by atoms with E-state index in [2.05, 4.69) is 23.1 Å². The molecule has 1 aliphatic carbocycles. The maximum Gasteiger partial charge on any atom is 0.315 e. The van der Waals surface area contributed by atoms with Crippen LogP contribution in [0.1, 0.15) is 59.2 Å². The standard InChI is InChI=1S/C28H32N2O4/c31-26-18-21-3-1-6-25(27(21)34-26)28(32)30-15-11-23(12-16-30)33-24-8-7-19-9-13-29(22-4-2-5-22)14-10-20(19)17-24/h1,3,6-8,17,22-23H,2,4-5,9-16,18H2. The fourth-order valence-electron chi connectivity index (χ4n) is 5.77. The summed E-state index contributed by atoms with van der Waals surface area (Å²) in [5.74, 6) is 1.04. The molecule has 178 valence electrons. The van der Waals surface area contributed by atoms with E-state index >= 15 is 0 Å². The third-order valence-electron chi connectivity index (χ3n) is 8.02. The fraction of sp³-hybridized carbons (Fsp3) is 0.500.